The Labute approximate surface area is 104 Å². The van der Waals surface area contributed by atoms with E-state index in [0.29, 0.717) is 5.82 Å². The zero-order chi connectivity index (χ0) is 13.3. The van der Waals surface area contributed by atoms with Crippen molar-refractivity contribution in [1.29, 1.82) is 0 Å². The number of anilines is 1. The van der Waals surface area contributed by atoms with Gasteiger partial charge in [-0.3, -0.25) is 14.8 Å². The number of nitrogens with zero attached hydrogens (tertiary/aromatic N) is 3. The highest BCUT2D eigenvalue weighted by Gasteiger charge is 2.14. The van der Waals surface area contributed by atoms with Crippen LogP contribution >= 0.6 is 0 Å². The molecule has 18 heavy (non-hydrogen) atoms. The van der Waals surface area contributed by atoms with Gasteiger partial charge in [0.1, 0.15) is 5.82 Å². The number of nitrogens with two attached hydrogens (primary N) is 1. The van der Waals surface area contributed by atoms with Gasteiger partial charge in [-0.2, -0.15) is 5.10 Å². The summed E-state index contributed by atoms with van der Waals surface area (Å²) < 4.78 is 1.62. The van der Waals surface area contributed by atoms with Crippen LogP contribution in [0.1, 0.15) is 12.5 Å². The number of non-ortho nitro benzene ring substituents is 1. The number of rotatable bonds is 3. The van der Waals surface area contributed by atoms with Crippen molar-refractivity contribution >= 4 is 11.5 Å². The van der Waals surface area contributed by atoms with Gasteiger partial charge >= 0.3 is 0 Å². The van der Waals surface area contributed by atoms with Crippen molar-refractivity contribution in [3.05, 3.63) is 39.9 Å². The molecule has 6 nitrogen and oxygen atoms in total. The normalized spacial score (nSPS) is 10.6. The number of benzene rings is 1. The lowest BCUT2D eigenvalue weighted by Gasteiger charge is -2.00. The number of nitrogen functional groups attached to an aromatic ring is 1. The maximum atomic E-state index is 10.6. The molecule has 1 heterocycles. The van der Waals surface area contributed by atoms with Crippen LogP contribution in [0.4, 0.5) is 11.5 Å². The fourth-order valence-corrected chi connectivity index (χ4v) is 1.90. The molecule has 1 aromatic heterocycles. The summed E-state index contributed by atoms with van der Waals surface area (Å²) in [5, 5.41) is 14.9. The summed E-state index contributed by atoms with van der Waals surface area (Å²) in [4.78, 5) is 10.2. The Kier molecular flexibility index (Phi) is 3.01. The molecule has 0 bridgehead atoms. The minimum atomic E-state index is -0.419. The highest BCUT2D eigenvalue weighted by molar-refractivity contribution is 5.69. The molecule has 6 heteroatoms. The predicted molar refractivity (Wildman–Crippen MR) is 69.1 cm³/mol. The van der Waals surface area contributed by atoms with E-state index >= 15 is 0 Å². The van der Waals surface area contributed by atoms with Gasteiger partial charge in [0.2, 0.25) is 0 Å². The van der Waals surface area contributed by atoms with Crippen LogP contribution in [-0.4, -0.2) is 14.7 Å². The number of hydrogen-bond donors (Lipinski definition) is 1. The molecule has 1 aromatic carbocycles. The zero-order valence-electron chi connectivity index (χ0n) is 10.3. The molecule has 0 radical (unpaired) electrons. The molecular formula is C12H14N4O2. The Morgan fingerprint density at radius 2 is 2.00 bits per heavy atom. The molecule has 94 valence electrons. The van der Waals surface area contributed by atoms with E-state index in [1.54, 1.807) is 23.9 Å². The minimum absolute atomic E-state index is 0.0701. The van der Waals surface area contributed by atoms with Gasteiger partial charge in [-0.05, 0) is 18.6 Å². The first-order valence-electron chi connectivity index (χ1n) is 5.60. The van der Waals surface area contributed by atoms with E-state index in [0.717, 1.165) is 23.2 Å². The number of aryl methyl sites for hydroxylation is 1. The molecule has 0 amide bonds. The Bertz CT molecular complexity index is 587. The monoisotopic (exact) mass is 246 g/mol. The van der Waals surface area contributed by atoms with Gasteiger partial charge in [0.15, 0.2) is 0 Å². The van der Waals surface area contributed by atoms with Crippen molar-refractivity contribution in [1.82, 2.24) is 9.78 Å². The van der Waals surface area contributed by atoms with E-state index in [1.165, 1.54) is 12.1 Å². The van der Waals surface area contributed by atoms with Gasteiger partial charge in [0, 0.05) is 30.3 Å². The van der Waals surface area contributed by atoms with Gasteiger partial charge in [0.05, 0.1) is 10.6 Å². The molecule has 0 fully saturated rings. The SMILES string of the molecule is CCc1c(-c2ccc([N+](=O)[O-])cc2)nn(C)c1N. The number of nitro groups is 1. The molecule has 2 rings (SSSR count). The van der Waals surface area contributed by atoms with Gasteiger partial charge in [-0.1, -0.05) is 6.92 Å². The van der Waals surface area contributed by atoms with E-state index in [9.17, 15) is 10.1 Å². The highest BCUT2D eigenvalue weighted by atomic mass is 16.6. The average Bonchev–Trinajstić information content (AvgIpc) is 2.65. The van der Waals surface area contributed by atoms with E-state index in [1.807, 2.05) is 6.92 Å². The molecule has 0 aliphatic carbocycles. The smallest absolute Gasteiger partial charge is 0.269 e. The summed E-state index contributed by atoms with van der Waals surface area (Å²) in [6.07, 6.45) is 0.770. The van der Waals surface area contributed by atoms with Crippen molar-refractivity contribution in [3.63, 3.8) is 0 Å². The molecule has 0 aliphatic heterocycles. The second-order valence-corrected chi connectivity index (χ2v) is 3.99. The largest absolute Gasteiger partial charge is 0.384 e. The third kappa shape index (κ3) is 1.92. The minimum Gasteiger partial charge on any atom is -0.384 e. The topological polar surface area (TPSA) is 87.0 Å². The first-order chi connectivity index (χ1) is 8.54. The maximum absolute atomic E-state index is 10.6. The average molecular weight is 246 g/mol. The third-order valence-corrected chi connectivity index (χ3v) is 2.90. The quantitative estimate of drug-likeness (QED) is 0.664. The lowest BCUT2D eigenvalue weighted by molar-refractivity contribution is -0.384. The van der Waals surface area contributed by atoms with Gasteiger partial charge in [-0.25, -0.2) is 0 Å². The number of aromatic nitrogens is 2. The summed E-state index contributed by atoms with van der Waals surface area (Å²) in [6.45, 7) is 2.00. The van der Waals surface area contributed by atoms with Crippen LogP contribution in [-0.2, 0) is 13.5 Å². The maximum Gasteiger partial charge on any atom is 0.269 e. The van der Waals surface area contributed by atoms with Crippen LogP contribution in [0, 0.1) is 10.1 Å². The summed E-state index contributed by atoms with van der Waals surface area (Å²) in [5.41, 5.74) is 8.58. The summed E-state index contributed by atoms with van der Waals surface area (Å²) in [7, 11) is 1.78. The number of hydrogen-bond acceptors (Lipinski definition) is 4. The number of nitro benzene ring substituents is 1. The molecule has 0 saturated heterocycles. The molecule has 0 saturated carbocycles. The van der Waals surface area contributed by atoms with Gasteiger partial charge < -0.3 is 5.73 Å². The van der Waals surface area contributed by atoms with Crippen molar-refractivity contribution < 1.29 is 4.92 Å². The molecule has 0 unspecified atom stereocenters. The summed E-state index contributed by atoms with van der Waals surface area (Å²) in [6, 6.07) is 6.33. The van der Waals surface area contributed by atoms with E-state index in [-0.39, 0.29) is 5.69 Å². The van der Waals surface area contributed by atoms with Crippen LogP contribution in [0.5, 0.6) is 0 Å². The Hall–Kier alpha value is -2.37. The highest BCUT2D eigenvalue weighted by Crippen LogP contribution is 2.28. The van der Waals surface area contributed by atoms with E-state index in [2.05, 4.69) is 5.10 Å². The summed E-state index contributed by atoms with van der Waals surface area (Å²) >= 11 is 0. The van der Waals surface area contributed by atoms with Crippen molar-refractivity contribution in [2.45, 2.75) is 13.3 Å². The molecule has 2 aromatic rings. The second kappa shape index (κ2) is 4.48. The van der Waals surface area contributed by atoms with E-state index < -0.39 is 4.92 Å². The lowest BCUT2D eigenvalue weighted by Crippen LogP contribution is -1.98. The molecule has 0 aliphatic rings. The van der Waals surface area contributed by atoms with Gasteiger partial charge in [0.25, 0.3) is 5.69 Å². The fourth-order valence-electron chi connectivity index (χ4n) is 1.90. The van der Waals surface area contributed by atoms with Crippen molar-refractivity contribution in [2.75, 3.05) is 5.73 Å². The predicted octanol–water partition coefficient (Wildman–Crippen LogP) is 2.14. The molecular weight excluding hydrogens is 232 g/mol. The molecule has 2 N–H and O–H groups in total. The summed E-state index contributed by atoms with van der Waals surface area (Å²) in [5.74, 6) is 0.630. The Morgan fingerprint density at radius 3 is 2.50 bits per heavy atom. The standard InChI is InChI=1S/C12H14N4O2/c1-3-10-11(14-15(2)12(10)13)8-4-6-9(7-5-8)16(17)18/h4-7H,3,13H2,1-2H3. The molecule has 0 spiro atoms. The van der Waals surface area contributed by atoms with Crippen molar-refractivity contribution in [3.8, 4) is 11.3 Å². The van der Waals surface area contributed by atoms with E-state index in [4.69, 9.17) is 5.73 Å². The Balaban J connectivity index is 2.48. The van der Waals surface area contributed by atoms with Crippen LogP contribution in [0.2, 0.25) is 0 Å². The molecule has 0 atom stereocenters. The lowest BCUT2D eigenvalue weighted by atomic mass is 10.1. The third-order valence-electron chi connectivity index (χ3n) is 2.90. The van der Waals surface area contributed by atoms with Crippen LogP contribution < -0.4 is 5.73 Å². The second-order valence-electron chi connectivity index (χ2n) is 3.99. The first kappa shape index (κ1) is 12.1. The zero-order valence-corrected chi connectivity index (χ0v) is 10.3. The van der Waals surface area contributed by atoms with Crippen molar-refractivity contribution in [2.24, 2.45) is 7.05 Å². The fraction of sp³-hybridized carbons (Fsp3) is 0.250. The van der Waals surface area contributed by atoms with Crippen LogP contribution in [0.15, 0.2) is 24.3 Å². The Morgan fingerprint density at radius 1 is 1.39 bits per heavy atom. The van der Waals surface area contributed by atoms with Crippen LogP contribution in [0.25, 0.3) is 11.3 Å². The van der Waals surface area contributed by atoms with Gasteiger partial charge in [-0.15, -0.1) is 0 Å². The van der Waals surface area contributed by atoms with Crippen LogP contribution in [0.3, 0.4) is 0 Å². The first-order valence-corrected chi connectivity index (χ1v) is 5.60.